The van der Waals surface area contributed by atoms with Crippen LogP contribution < -0.4 is 9.47 Å². The van der Waals surface area contributed by atoms with E-state index in [1.807, 2.05) is 47.4 Å². The monoisotopic (exact) mass is 446 g/mol. The Morgan fingerprint density at radius 3 is 2.53 bits per heavy atom. The summed E-state index contributed by atoms with van der Waals surface area (Å²) in [5, 5.41) is 0.437. The second-order valence-corrected chi connectivity index (χ2v) is 10.5. The highest BCUT2D eigenvalue weighted by atomic mass is 32.2. The highest BCUT2D eigenvalue weighted by Gasteiger charge is 2.48. The van der Waals surface area contributed by atoms with Crippen LogP contribution in [0.2, 0.25) is 0 Å². The molecule has 0 N–H and O–H groups in total. The SMILES string of the molecule is COc1ccc(CN2C(=NC(=O)COc3ccccc3)SC3CS(=O)(=O)CC32)cc1. The van der Waals surface area contributed by atoms with Gasteiger partial charge in [-0.1, -0.05) is 42.1 Å². The van der Waals surface area contributed by atoms with Gasteiger partial charge in [-0.25, -0.2) is 8.42 Å². The highest BCUT2D eigenvalue weighted by molar-refractivity contribution is 8.15. The van der Waals surface area contributed by atoms with E-state index < -0.39 is 15.7 Å². The lowest BCUT2D eigenvalue weighted by Crippen LogP contribution is -2.37. The molecule has 9 heteroatoms. The zero-order valence-corrected chi connectivity index (χ0v) is 18.1. The van der Waals surface area contributed by atoms with Crippen molar-refractivity contribution in [1.29, 1.82) is 0 Å². The molecule has 2 aliphatic heterocycles. The number of benzene rings is 2. The van der Waals surface area contributed by atoms with Crippen LogP contribution in [-0.2, 0) is 21.2 Å². The maximum Gasteiger partial charge on any atom is 0.285 e. The van der Waals surface area contributed by atoms with Crippen LogP contribution >= 0.6 is 11.8 Å². The Balaban J connectivity index is 1.51. The lowest BCUT2D eigenvalue weighted by Gasteiger charge is -2.24. The first-order chi connectivity index (χ1) is 14.4. The Kier molecular flexibility index (Phi) is 6.01. The van der Waals surface area contributed by atoms with E-state index in [4.69, 9.17) is 9.47 Å². The molecule has 2 saturated heterocycles. The van der Waals surface area contributed by atoms with Gasteiger partial charge in [-0.15, -0.1) is 0 Å². The van der Waals surface area contributed by atoms with E-state index in [9.17, 15) is 13.2 Å². The molecular formula is C21H22N2O5S2. The highest BCUT2D eigenvalue weighted by Crippen LogP contribution is 2.39. The largest absolute Gasteiger partial charge is 0.497 e. The average molecular weight is 447 g/mol. The first kappa shape index (κ1) is 20.7. The molecule has 0 aromatic heterocycles. The summed E-state index contributed by atoms with van der Waals surface area (Å²) in [6, 6.07) is 16.5. The minimum absolute atomic E-state index is 0.0779. The smallest absolute Gasteiger partial charge is 0.285 e. The van der Waals surface area contributed by atoms with Crippen LogP contribution in [0.15, 0.2) is 59.6 Å². The van der Waals surface area contributed by atoms with Gasteiger partial charge in [0.15, 0.2) is 21.6 Å². The fourth-order valence-electron chi connectivity index (χ4n) is 3.55. The molecule has 7 nitrogen and oxygen atoms in total. The summed E-state index contributed by atoms with van der Waals surface area (Å²) in [4.78, 5) is 18.6. The Morgan fingerprint density at radius 1 is 1.10 bits per heavy atom. The molecule has 2 fully saturated rings. The summed E-state index contributed by atoms with van der Waals surface area (Å²) in [6.45, 7) is 0.303. The van der Waals surface area contributed by atoms with Crippen molar-refractivity contribution in [3.05, 3.63) is 60.2 Å². The third-order valence-corrected chi connectivity index (χ3v) is 8.26. The summed E-state index contributed by atoms with van der Waals surface area (Å²) in [7, 11) is -1.48. The Bertz CT molecular complexity index is 1040. The lowest BCUT2D eigenvalue weighted by molar-refractivity contribution is -0.119. The van der Waals surface area contributed by atoms with Crippen LogP contribution in [0.25, 0.3) is 0 Å². The van der Waals surface area contributed by atoms with Gasteiger partial charge in [-0.3, -0.25) is 4.79 Å². The van der Waals surface area contributed by atoms with Crippen LogP contribution in [0.5, 0.6) is 11.5 Å². The predicted octanol–water partition coefficient (Wildman–Crippen LogP) is 2.37. The third kappa shape index (κ3) is 4.79. The molecule has 30 heavy (non-hydrogen) atoms. The summed E-state index contributed by atoms with van der Waals surface area (Å²) >= 11 is 1.36. The third-order valence-electron chi connectivity index (χ3n) is 5.01. The second-order valence-electron chi connectivity index (χ2n) is 7.17. The number of rotatable bonds is 6. The van der Waals surface area contributed by atoms with Gasteiger partial charge < -0.3 is 14.4 Å². The number of aliphatic imine (C=N–C) groups is 1. The molecule has 0 aliphatic carbocycles. The first-order valence-corrected chi connectivity index (χ1v) is 12.2. The van der Waals surface area contributed by atoms with Crippen molar-refractivity contribution >= 4 is 32.7 Å². The van der Waals surface area contributed by atoms with E-state index in [2.05, 4.69) is 4.99 Å². The van der Waals surface area contributed by atoms with Crippen molar-refractivity contribution in [1.82, 2.24) is 4.90 Å². The van der Waals surface area contributed by atoms with E-state index in [0.717, 1.165) is 11.3 Å². The zero-order chi connectivity index (χ0) is 21.1. The molecule has 2 aromatic rings. The van der Waals surface area contributed by atoms with Gasteiger partial charge in [0.05, 0.1) is 24.7 Å². The number of carbonyl (C=O) groups excluding carboxylic acids is 1. The van der Waals surface area contributed by atoms with Crippen molar-refractivity contribution in [2.75, 3.05) is 25.2 Å². The molecule has 2 aliphatic rings. The number of amidine groups is 1. The molecule has 2 atom stereocenters. The number of sulfone groups is 1. The number of fused-ring (bicyclic) bond motifs is 1. The van der Waals surface area contributed by atoms with E-state index in [1.54, 1.807) is 19.2 Å². The van der Waals surface area contributed by atoms with E-state index in [1.165, 1.54) is 11.8 Å². The molecule has 0 radical (unpaired) electrons. The molecule has 0 saturated carbocycles. The summed E-state index contributed by atoms with van der Waals surface area (Å²) in [5.74, 6) is 1.13. The van der Waals surface area contributed by atoms with Gasteiger partial charge in [0.25, 0.3) is 5.91 Å². The van der Waals surface area contributed by atoms with Crippen LogP contribution in [0, 0.1) is 0 Å². The number of para-hydroxylation sites is 1. The van der Waals surface area contributed by atoms with Gasteiger partial charge in [0, 0.05) is 11.8 Å². The van der Waals surface area contributed by atoms with Gasteiger partial charge >= 0.3 is 0 Å². The normalized spacial score (nSPS) is 23.4. The van der Waals surface area contributed by atoms with Crippen molar-refractivity contribution in [3.8, 4) is 11.5 Å². The number of hydrogen-bond acceptors (Lipinski definition) is 6. The predicted molar refractivity (Wildman–Crippen MR) is 117 cm³/mol. The quantitative estimate of drug-likeness (QED) is 0.673. The standard InChI is InChI=1S/C21H22N2O5S2/c1-27-16-9-7-15(8-10-16)11-23-18-13-30(25,26)14-19(18)29-21(23)22-20(24)12-28-17-5-3-2-4-6-17/h2-10,18-19H,11-14H2,1H3. The number of ether oxygens (including phenoxy) is 2. The zero-order valence-electron chi connectivity index (χ0n) is 16.4. The molecule has 158 valence electrons. The van der Waals surface area contributed by atoms with E-state index in [0.29, 0.717) is 17.5 Å². The van der Waals surface area contributed by atoms with Crippen LogP contribution in [-0.4, -0.2) is 60.9 Å². The van der Waals surface area contributed by atoms with Crippen molar-refractivity contribution < 1.29 is 22.7 Å². The topological polar surface area (TPSA) is 85.3 Å². The maximum absolute atomic E-state index is 12.4. The number of carbonyl (C=O) groups is 1. The fourth-order valence-corrected chi connectivity index (χ4v) is 7.52. The number of nitrogens with zero attached hydrogens (tertiary/aromatic N) is 2. The lowest BCUT2D eigenvalue weighted by atomic mass is 10.1. The van der Waals surface area contributed by atoms with Gasteiger partial charge in [0.2, 0.25) is 0 Å². The van der Waals surface area contributed by atoms with Gasteiger partial charge in [-0.2, -0.15) is 4.99 Å². The van der Waals surface area contributed by atoms with Gasteiger partial charge in [-0.05, 0) is 29.8 Å². The minimum atomic E-state index is -3.09. The number of amides is 1. The van der Waals surface area contributed by atoms with Crippen LogP contribution in [0.4, 0.5) is 0 Å². The van der Waals surface area contributed by atoms with Crippen LogP contribution in [0.3, 0.4) is 0 Å². The number of hydrogen-bond donors (Lipinski definition) is 0. The Morgan fingerprint density at radius 2 is 1.83 bits per heavy atom. The second kappa shape index (κ2) is 8.69. The van der Waals surface area contributed by atoms with Gasteiger partial charge in [0.1, 0.15) is 11.5 Å². The molecule has 2 heterocycles. The molecule has 2 aromatic carbocycles. The summed E-state index contributed by atoms with van der Waals surface area (Å²) in [6.07, 6.45) is 0. The fraction of sp³-hybridized carbons (Fsp3) is 0.333. The van der Waals surface area contributed by atoms with E-state index in [-0.39, 0.29) is 29.4 Å². The summed E-state index contributed by atoms with van der Waals surface area (Å²) < 4.78 is 34.9. The minimum Gasteiger partial charge on any atom is -0.497 e. The van der Waals surface area contributed by atoms with Crippen molar-refractivity contribution in [2.24, 2.45) is 4.99 Å². The Hall–Kier alpha value is -2.52. The first-order valence-electron chi connectivity index (χ1n) is 9.49. The molecule has 0 spiro atoms. The maximum atomic E-state index is 12.4. The van der Waals surface area contributed by atoms with E-state index >= 15 is 0 Å². The average Bonchev–Trinajstić information content (AvgIpc) is 3.19. The van der Waals surface area contributed by atoms with Crippen molar-refractivity contribution in [3.63, 3.8) is 0 Å². The molecule has 0 bridgehead atoms. The number of methoxy groups -OCH3 is 1. The molecule has 4 rings (SSSR count). The van der Waals surface area contributed by atoms with Crippen LogP contribution in [0.1, 0.15) is 5.56 Å². The summed E-state index contributed by atoms with van der Waals surface area (Å²) in [5.41, 5.74) is 0.988. The Labute approximate surface area is 180 Å². The molecule has 1 amide bonds. The number of thioether (sulfide) groups is 1. The molecule has 2 unspecified atom stereocenters. The van der Waals surface area contributed by atoms with Crippen molar-refractivity contribution in [2.45, 2.75) is 17.8 Å². The molecular weight excluding hydrogens is 424 g/mol.